The molecule has 0 saturated heterocycles. The SMILES string of the molecule is COC(=O)c1ccc(NC(=O)c2cc(S(=O)(=O)N(C)c3ccc(C(=O)OC)cc3)c(Br)s2)cc1. The molecule has 0 atom stereocenters. The molecule has 0 spiro atoms. The molecule has 1 heterocycles. The van der Waals surface area contributed by atoms with Crippen LogP contribution in [0, 0.1) is 0 Å². The Morgan fingerprint density at radius 1 is 0.912 bits per heavy atom. The molecule has 178 valence electrons. The van der Waals surface area contributed by atoms with E-state index >= 15 is 0 Å². The third-order valence-electron chi connectivity index (χ3n) is 4.73. The number of esters is 2. The number of hydrogen-bond acceptors (Lipinski definition) is 8. The molecule has 0 saturated carbocycles. The van der Waals surface area contributed by atoms with Crippen molar-refractivity contribution in [3.05, 3.63) is 74.4 Å². The number of nitrogens with zero attached hydrogens (tertiary/aromatic N) is 1. The van der Waals surface area contributed by atoms with E-state index in [0.717, 1.165) is 15.6 Å². The minimum absolute atomic E-state index is 0.0803. The summed E-state index contributed by atoms with van der Waals surface area (Å²) in [7, 11) is -0.118. The van der Waals surface area contributed by atoms with Gasteiger partial charge in [0.2, 0.25) is 0 Å². The van der Waals surface area contributed by atoms with Crippen LogP contribution < -0.4 is 9.62 Å². The topological polar surface area (TPSA) is 119 Å². The zero-order valence-corrected chi connectivity index (χ0v) is 21.4. The molecule has 9 nitrogen and oxygen atoms in total. The number of carbonyl (C=O) groups excluding carboxylic acids is 3. The monoisotopic (exact) mass is 566 g/mol. The molecule has 3 rings (SSSR count). The number of carbonyl (C=O) groups is 3. The molecule has 2 aromatic carbocycles. The Morgan fingerprint density at radius 3 is 1.91 bits per heavy atom. The number of ether oxygens (including phenoxy) is 2. The van der Waals surface area contributed by atoms with Crippen molar-refractivity contribution in [3.8, 4) is 0 Å². The van der Waals surface area contributed by atoms with Gasteiger partial charge in [-0.05, 0) is 70.5 Å². The number of halogens is 1. The largest absolute Gasteiger partial charge is 0.465 e. The Bertz CT molecular complexity index is 1330. The van der Waals surface area contributed by atoms with Crippen LogP contribution in [0.1, 0.15) is 30.4 Å². The first-order valence-corrected chi connectivity index (χ1v) is 12.6. The molecule has 12 heteroatoms. The lowest BCUT2D eigenvalue weighted by Crippen LogP contribution is -2.26. The fourth-order valence-corrected chi connectivity index (χ4v) is 6.46. The normalized spacial score (nSPS) is 10.9. The summed E-state index contributed by atoms with van der Waals surface area (Å²) >= 11 is 4.21. The highest BCUT2D eigenvalue weighted by Crippen LogP contribution is 2.35. The molecule has 1 aromatic heterocycles. The van der Waals surface area contributed by atoms with Crippen molar-refractivity contribution in [1.29, 1.82) is 0 Å². The number of nitrogens with one attached hydrogen (secondary N) is 1. The Labute approximate surface area is 208 Å². The number of amides is 1. The highest BCUT2D eigenvalue weighted by molar-refractivity contribution is 9.11. The van der Waals surface area contributed by atoms with Gasteiger partial charge in [0.25, 0.3) is 15.9 Å². The molecule has 3 aromatic rings. The van der Waals surface area contributed by atoms with Gasteiger partial charge in [0.15, 0.2) is 0 Å². The highest BCUT2D eigenvalue weighted by atomic mass is 79.9. The average Bonchev–Trinajstić information content (AvgIpc) is 3.25. The second kappa shape index (κ2) is 10.4. The predicted molar refractivity (Wildman–Crippen MR) is 131 cm³/mol. The molecule has 0 aliphatic rings. The van der Waals surface area contributed by atoms with Crippen LogP contribution in [0.4, 0.5) is 11.4 Å². The number of thiophene rings is 1. The van der Waals surface area contributed by atoms with Gasteiger partial charge in [0, 0.05) is 12.7 Å². The summed E-state index contributed by atoms with van der Waals surface area (Å²) in [4.78, 5) is 35.9. The predicted octanol–water partition coefficient (Wildman–Crippen LogP) is 4.16. The van der Waals surface area contributed by atoms with Crippen LogP contribution in [0.2, 0.25) is 0 Å². The first-order chi connectivity index (χ1) is 16.1. The third-order valence-corrected chi connectivity index (χ3v) is 8.77. The maximum absolute atomic E-state index is 13.2. The van der Waals surface area contributed by atoms with E-state index in [-0.39, 0.29) is 19.1 Å². The van der Waals surface area contributed by atoms with Crippen molar-refractivity contribution in [2.24, 2.45) is 0 Å². The summed E-state index contributed by atoms with van der Waals surface area (Å²) in [6.07, 6.45) is 0. The van der Waals surface area contributed by atoms with Gasteiger partial charge in [-0.15, -0.1) is 11.3 Å². The van der Waals surface area contributed by atoms with Crippen LogP contribution in [0.25, 0.3) is 0 Å². The molecular formula is C22H19BrN2O7S2. The lowest BCUT2D eigenvalue weighted by molar-refractivity contribution is 0.0592. The zero-order chi connectivity index (χ0) is 25.0. The molecule has 1 N–H and O–H groups in total. The smallest absolute Gasteiger partial charge is 0.337 e. The van der Waals surface area contributed by atoms with E-state index < -0.39 is 27.9 Å². The van der Waals surface area contributed by atoms with Gasteiger partial charge in [-0.1, -0.05) is 0 Å². The summed E-state index contributed by atoms with van der Waals surface area (Å²) in [5, 5.41) is 2.66. The summed E-state index contributed by atoms with van der Waals surface area (Å²) in [5.74, 6) is -1.55. The molecule has 0 radical (unpaired) electrons. The quantitative estimate of drug-likeness (QED) is 0.426. The Kier molecular flexibility index (Phi) is 7.75. The van der Waals surface area contributed by atoms with Gasteiger partial charge in [0.1, 0.15) is 4.90 Å². The number of methoxy groups -OCH3 is 2. The van der Waals surface area contributed by atoms with E-state index in [1.165, 1.54) is 75.9 Å². The average molecular weight is 567 g/mol. The summed E-state index contributed by atoms with van der Waals surface area (Å²) in [6.45, 7) is 0. The minimum Gasteiger partial charge on any atom is -0.465 e. The van der Waals surface area contributed by atoms with Gasteiger partial charge in [0.05, 0.1) is 39.7 Å². The number of anilines is 2. The molecule has 0 aliphatic carbocycles. The second-order valence-corrected chi connectivity index (χ2v) is 11.1. The fourth-order valence-electron chi connectivity index (χ4n) is 2.85. The zero-order valence-electron chi connectivity index (χ0n) is 18.2. The van der Waals surface area contributed by atoms with Crippen molar-refractivity contribution < 1.29 is 32.3 Å². The maximum Gasteiger partial charge on any atom is 0.337 e. The van der Waals surface area contributed by atoms with Crippen molar-refractivity contribution in [1.82, 2.24) is 0 Å². The van der Waals surface area contributed by atoms with E-state index in [2.05, 4.69) is 30.7 Å². The first-order valence-electron chi connectivity index (χ1n) is 9.55. The van der Waals surface area contributed by atoms with Gasteiger partial charge in [-0.25, -0.2) is 18.0 Å². The lowest BCUT2D eigenvalue weighted by atomic mass is 10.2. The molecular weight excluding hydrogens is 548 g/mol. The number of benzene rings is 2. The van der Waals surface area contributed by atoms with E-state index in [4.69, 9.17) is 0 Å². The molecule has 34 heavy (non-hydrogen) atoms. The Balaban J connectivity index is 1.80. The van der Waals surface area contributed by atoms with Gasteiger partial charge in [-0.3, -0.25) is 9.10 Å². The minimum atomic E-state index is -4.02. The maximum atomic E-state index is 13.2. The lowest BCUT2D eigenvalue weighted by Gasteiger charge is -2.19. The molecule has 0 unspecified atom stereocenters. The van der Waals surface area contributed by atoms with Crippen LogP contribution >= 0.6 is 27.3 Å². The molecule has 1 amide bonds. The standard InChI is InChI=1S/C22H19BrN2O7S2/c1-25(16-10-6-14(7-11-16)22(28)32-3)34(29,30)18-12-17(33-19(18)23)20(26)24-15-8-4-13(5-9-15)21(27)31-2/h4-12H,1-3H3,(H,24,26). The fraction of sp³-hybridized carbons (Fsp3) is 0.136. The summed E-state index contributed by atoms with van der Waals surface area (Å²) in [6, 6.07) is 13.2. The number of hydrogen-bond donors (Lipinski definition) is 1. The van der Waals surface area contributed by atoms with Gasteiger partial charge < -0.3 is 14.8 Å². The second-order valence-electron chi connectivity index (χ2n) is 6.78. The summed E-state index contributed by atoms with van der Waals surface area (Å²) in [5.41, 5.74) is 1.36. The van der Waals surface area contributed by atoms with E-state index in [1.54, 1.807) is 0 Å². The van der Waals surface area contributed by atoms with E-state index in [0.29, 0.717) is 16.9 Å². The summed E-state index contributed by atoms with van der Waals surface area (Å²) < 4.78 is 37.0. The van der Waals surface area contributed by atoms with Crippen molar-refractivity contribution in [2.75, 3.05) is 30.9 Å². The Morgan fingerprint density at radius 2 is 1.41 bits per heavy atom. The number of sulfonamides is 1. The van der Waals surface area contributed by atoms with Crippen LogP contribution in [0.3, 0.4) is 0 Å². The van der Waals surface area contributed by atoms with Gasteiger partial charge in [-0.2, -0.15) is 0 Å². The van der Waals surface area contributed by atoms with Crippen molar-refractivity contribution in [3.63, 3.8) is 0 Å². The highest BCUT2D eigenvalue weighted by Gasteiger charge is 2.28. The van der Waals surface area contributed by atoms with Crippen LogP contribution in [-0.2, 0) is 19.5 Å². The van der Waals surface area contributed by atoms with E-state index in [9.17, 15) is 22.8 Å². The Hall–Kier alpha value is -3.22. The number of rotatable bonds is 7. The van der Waals surface area contributed by atoms with Crippen molar-refractivity contribution in [2.45, 2.75) is 4.90 Å². The van der Waals surface area contributed by atoms with E-state index in [1.807, 2.05) is 0 Å². The first kappa shape index (κ1) is 25.4. The van der Waals surface area contributed by atoms with Crippen LogP contribution in [0.15, 0.2) is 63.3 Å². The third kappa shape index (κ3) is 5.29. The van der Waals surface area contributed by atoms with Gasteiger partial charge >= 0.3 is 11.9 Å². The molecule has 0 fully saturated rings. The van der Waals surface area contributed by atoms with Crippen molar-refractivity contribution >= 4 is 66.5 Å². The molecule has 0 bridgehead atoms. The van der Waals surface area contributed by atoms with Crippen LogP contribution in [-0.4, -0.2) is 47.5 Å². The molecule has 0 aliphatic heterocycles. The van der Waals surface area contributed by atoms with Crippen LogP contribution in [0.5, 0.6) is 0 Å².